The number of aliphatic hydroxyl groups is 1. The van der Waals surface area contributed by atoms with E-state index in [0.29, 0.717) is 16.1 Å². The Morgan fingerprint density at radius 3 is 2.30 bits per heavy atom. The molecule has 4 nitrogen and oxygen atoms in total. The van der Waals surface area contributed by atoms with E-state index in [2.05, 4.69) is 4.72 Å². The van der Waals surface area contributed by atoms with Crippen LogP contribution in [0.5, 0.6) is 0 Å². The number of hydrogen-bond acceptors (Lipinski definition) is 3. The summed E-state index contributed by atoms with van der Waals surface area (Å²) in [5.41, 5.74) is 1.37. The van der Waals surface area contributed by atoms with Gasteiger partial charge in [-0.3, -0.25) is 0 Å². The lowest BCUT2D eigenvalue weighted by Crippen LogP contribution is -2.23. The largest absolute Gasteiger partial charge is 0.392 e. The van der Waals surface area contributed by atoms with Crippen LogP contribution in [0.2, 0.25) is 5.02 Å². The predicted octanol–water partition coefficient (Wildman–Crippen LogP) is 2.31. The van der Waals surface area contributed by atoms with Gasteiger partial charge in [-0.1, -0.05) is 41.9 Å². The van der Waals surface area contributed by atoms with E-state index in [-0.39, 0.29) is 18.0 Å². The van der Waals surface area contributed by atoms with E-state index in [4.69, 9.17) is 16.7 Å². The molecule has 2 aromatic carbocycles. The van der Waals surface area contributed by atoms with E-state index in [1.807, 2.05) is 0 Å². The highest BCUT2D eigenvalue weighted by molar-refractivity contribution is 7.89. The van der Waals surface area contributed by atoms with Crippen molar-refractivity contribution < 1.29 is 13.5 Å². The van der Waals surface area contributed by atoms with Crippen LogP contribution in [0, 0.1) is 0 Å². The Labute approximate surface area is 123 Å². The monoisotopic (exact) mass is 311 g/mol. The maximum absolute atomic E-state index is 12.1. The van der Waals surface area contributed by atoms with Crippen molar-refractivity contribution in [2.24, 2.45) is 0 Å². The first-order valence-electron chi connectivity index (χ1n) is 5.96. The van der Waals surface area contributed by atoms with E-state index in [1.54, 1.807) is 36.4 Å². The van der Waals surface area contributed by atoms with Crippen molar-refractivity contribution in [1.29, 1.82) is 0 Å². The summed E-state index contributed by atoms with van der Waals surface area (Å²) in [4.78, 5) is 0.154. The normalized spacial score (nSPS) is 11.5. The number of benzene rings is 2. The van der Waals surface area contributed by atoms with Gasteiger partial charge < -0.3 is 5.11 Å². The van der Waals surface area contributed by atoms with Crippen molar-refractivity contribution in [3.63, 3.8) is 0 Å². The molecule has 0 fully saturated rings. The summed E-state index contributed by atoms with van der Waals surface area (Å²) >= 11 is 5.98. The van der Waals surface area contributed by atoms with Crippen LogP contribution in [0.3, 0.4) is 0 Å². The summed E-state index contributed by atoms with van der Waals surface area (Å²) in [6, 6.07) is 13.1. The third-order valence-corrected chi connectivity index (χ3v) is 4.61. The van der Waals surface area contributed by atoms with E-state index >= 15 is 0 Å². The molecule has 0 saturated heterocycles. The van der Waals surface area contributed by atoms with Crippen molar-refractivity contribution >= 4 is 21.6 Å². The Kier molecular flexibility index (Phi) is 4.77. The lowest BCUT2D eigenvalue weighted by molar-refractivity contribution is 0.282. The minimum Gasteiger partial charge on any atom is -0.392 e. The number of halogens is 1. The third-order valence-electron chi connectivity index (χ3n) is 2.83. The molecule has 0 spiro atoms. The van der Waals surface area contributed by atoms with Gasteiger partial charge in [0.25, 0.3) is 0 Å². The molecule has 20 heavy (non-hydrogen) atoms. The Hall–Kier alpha value is -1.40. The Morgan fingerprint density at radius 2 is 1.70 bits per heavy atom. The number of rotatable bonds is 5. The fraction of sp³-hybridized carbons (Fsp3) is 0.143. The Morgan fingerprint density at radius 1 is 1.05 bits per heavy atom. The average Bonchev–Trinajstić information content (AvgIpc) is 2.46. The van der Waals surface area contributed by atoms with Crippen molar-refractivity contribution in [2.75, 3.05) is 0 Å². The Balaban J connectivity index is 2.13. The summed E-state index contributed by atoms with van der Waals surface area (Å²) in [7, 11) is -3.59. The summed E-state index contributed by atoms with van der Waals surface area (Å²) in [5, 5.41) is 9.45. The molecule has 106 valence electrons. The van der Waals surface area contributed by atoms with Crippen LogP contribution in [0.15, 0.2) is 53.4 Å². The van der Waals surface area contributed by atoms with Gasteiger partial charge in [0.1, 0.15) is 0 Å². The van der Waals surface area contributed by atoms with E-state index in [9.17, 15) is 8.42 Å². The van der Waals surface area contributed by atoms with Gasteiger partial charge in [-0.25, -0.2) is 13.1 Å². The third kappa shape index (κ3) is 3.58. The molecule has 0 aliphatic heterocycles. The first-order chi connectivity index (χ1) is 9.53. The highest BCUT2D eigenvalue weighted by atomic mass is 35.5. The SMILES string of the molecule is O=S(=O)(NCc1ccccc1Cl)c1ccc(CO)cc1. The molecule has 2 aromatic rings. The van der Waals surface area contributed by atoms with Gasteiger partial charge in [0, 0.05) is 11.6 Å². The second-order valence-corrected chi connectivity index (χ2v) is 6.39. The summed E-state index contributed by atoms with van der Waals surface area (Å²) in [6.45, 7) is 0.0110. The first kappa shape index (κ1) is 15.0. The zero-order valence-corrected chi connectivity index (χ0v) is 12.2. The second kappa shape index (κ2) is 6.37. The van der Waals surface area contributed by atoms with E-state index in [0.717, 1.165) is 0 Å². The molecule has 0 amide bonds. The van der Waals surface area contributed by atoms with Gasteiger partial charge in [0.05, 0.1) is 11.5 Å². The van der Waals surface area contributed by atoms with Crippen LogP contribution in [0.4, 0.5) is 0 Å². The van der Waals surface area contributed by atoms with Crippen LogP contribution < -0.4 is 4.72 Å². The molecule has 0 aliphatic rings. The van der Waals surface area contributed by atoms with Crippen LogP contribution in [-0.2, 0) is 23.2 Å². The highest BCUT2D eigenvalue weighted by Gasteiger charge is 2.14. The second-order valence-electron chi connectivity index (χ2n) is 4.22. The fourth-order valence-electron chi connectivity index (χ4n) is 1.67. The molecule has 0 heterocycles. The zero-order chi connectivity index (χ0) is 14.6. The van der Waals surface area contributed by atoms with E-state index < -0.39 is 10.0 Å². The van der Waals surface area contributed by atoms with Gasteiger partial charge >= 0.3 is 0 Å². The molecule has 0 atom stereocenters. The lowest BCUT2D eigenvalue weighted by Gasteiger charge is -2.08. The molecule has 6 heteroatoms. The maximum Gasteiger partial charge on any atom is 0.240 e. The summed E-state index contributed by atoms with van der Waals surface area (Å²) in [5.74, 6) is 0. The molecular weight excluding hydrogens is 298 g/mol. The van der Waals surface area contributed by atoms with Crippen molar-refractivity contribution in [3.8, 4) is 0 Å². The number of aliphatic hydroxyl groups excluding tert-OH is 1. The molecule has 0 bridgehead atoms. The standard InChI is InChI=1S/C14H14ClNO3S/c15-14-4-2-1-3-12(14)9-16-20(18,19)13-7-5-11(10-17)6-8-13/h1-8,16-17H,9-10H2. The summed E-state index contributed by atoms with van der Waals surface area (Å²) < 4.78 is 26.7. The van der Waals surface area contributed by atoms with Crippen LogP contribution in [0.1, 0.15) is 11.1 Å². The molecule has 0 unspecified atom stereocenters. The molecule has 0 aliphatic carbocycles. The minimum absolute atomic E-state index is 0.118. The fourth-order valence-corrected chi connectivity index (χ4v) is 2.88. The van der Waals surface area contributed by atoms with Crippen molar-refractivity contribution in [2.45, 2.75) is 18.0 Å². The molecular formula is C14H14ClNO3S. The minimum atomic E-state index is -3.59. The van der Waals surface area contributed by atoms with Gasteiger partial charge in [0.2, 0.25) is 10.0 Å². The van der Waals surface area contributed by atoms with Crippen LogP contribution >= 0.6 is 11.6 Å². The first-order valence-corrected chi connectivity index (χ1v) is 7.82. The summed E-state index contributed by atoms with van der Waals surface area (Å²) in [6.07, 6.45) is 0. The van der Waals surface area contributed by atoms with Crippen molar-refractivity contribution in [1.82, 2.24) is 4.72 Å². The highest BCUT2D eigenvalue weighted by Crippen LogP contribution is 2.16. The lowest BCUT2D eigenvalue weighted by atomic mass is 10.2. The number of nitrogens with one attached hydrogen (secondary N) is 1. The van der Waals surface area contributed by atoms with Gasteiger partial charge in [0.15, 0.2) is 0 Å². The van der Waals surface area contributed by atoms with Crippen molar-refractivity contribution in [3.05, 3.63) is 64.7 Å². The molecule has 0 aromatic heterocycles. The topological polar surface area (TPSA) is 66.4 Å². The molecule has 2 N–H and O–H groups in total. The zero-order valence-electron chi connectivity index (χ0n) is 10.6. The smallest absolute Gasteiger partial charge is 0.240 e. The average molecular weight is 312 g/mol. The number of sulfonamides is 1. The Bertz CT molecular complexity index is 684. The number of hydrogen-bond donors (Lipinski definition) is 2. The van der Waals surface area contributed by atoms with Crippen LogP contribution in [0.25, 0.3) is 0 Å². The maximum atomic E-state index is 12.1. The molecule has 0 saturated carbocycles. The predicted molar refractivity (Wildman–Crippen MR) is 77.8 cm³/mol. The quantitative estimate of drug-likeness (QED) is 0.890. The van der Waals surface area contributed by atoms with Gasteiger partial charge in [-0.05, 0) is 29.3 Å². The van der Waals surface area contributed by atoms with E-state index in [1.165, 1.54) is 12.1 Å². The van der Waals surface area contributed by atoms with Crippen LogP contribution in [-0.4, -0.2) is 13.5 Å². The molecule has 2 rings (SSSR count). The molecule has 0 radical (unpaired) electrons. The van der Waals surface area contributed by atoms with Gasteiger partial charge in [-0.15, -0.1) is 0 Å². The van der Waals surface area contributed by atoms with Gasteiger partial charge in [-0.2, -0.15) is 0 Å².